The lowest BCUT2D eigenvalue weighted by molar-refractivity contribution is -0.134. The van der Waals surface area contributed by atoms with Gasteiger partial charge in [-0.3, -0.25) is 4.79 Å². The first-order chi connectivity index (χ1) is 10.6. The van der Waals surface area contributed by atoms with Gasteiger partial charge in [0.1, 0.15) is 11.3 Å². The standard InChI is InChI=1S/C16H18N2O4.ClH/c17-12-2-1-7-18(9-12)15(19)10-21-13-5-3-11-4-6-16(20)22-14(11)8-13;/h3-6,8,12H,1-2,7,9-10,17H2;1H. The Morgan fingerprint density at radius 3 is 2.91 bits per heavy atom. The van der Waals surface area contributed by atoms with E-state index < -0.39 is 5.63 Å². The predicted molar refractivity (Wildman–Crippen MR) is 89.0 cm³/mol. The van der Waals surface area contributed by atoms with Gasteiger partial charge in [-0.15, -0.1) is 12.4 Å². The number of hydrogen-bond acceptors (Lipinski definition) is 5. The second-order valence-corrected chi connectivity index (χ2v) is 5.48. The molecule has 2 heterocycles. The summed E-state index contributed by atoms with van der Waals surface area (Å²) in [6.07, 6.45) is 1.88. The number of amides is 1. The Hall–Kier alpha value is -2.05. The molecule has 1 atom stereocenters. The van der Waals surface area contributed by atoms with Crippen molar-refractivity contribution in [2.24, 2.45) is 5.73 Å². The summed E-state index contributed by atoms with van der Waals surface area (Å²) in [6, 6.07) is 8.25. The molecule has 1 unspecified atom stereocenters. The summed E-state index contributed by atoms with van der Waals surface area (Å²) in [5.41, 5.74) is 5.90. The maximum absolute atomic E-state index is 12.1. The molecule has 1 amide bonds. The van der Waals surface area contributed by atoms with Crippen LogP contribution >= 0.6 is 12.4 Å². The van der Waals surface area contributed by atoms with Crippen LogP contribution in [0.2, 0.25) is 0 Å². The molecule has 0 aliphatic carbocycles. The summed E-state index contributed by atoms with van der Waals surface area (Å²) < 4.78 is 10.6. The van der Waals surface area contributed by atoms with E-state index in [1.807, 2.05) is 0 Å². The fourth-order valence-corrected chi connectivity index (χ4v) is 2.60. The Morgan fingerprint density at radius 2 is 2.13 bits per heavy atom. The number of nitrogens with zero attached hydrogens (tertiary/aromatic N) is 1. The summed E-state index contributed by atoms with van der Waals surface area (Å²) in [6.45, 7) is 1.26. The number of rotatable bonds is 3. The van der Waals surface area contributed by atoms with Crippen LogP contribution in [0.4, 0.5) is 0 Å². The third kappa shape index (κ3) is 4.24. The van der Waals surface area contributed by atoms with Crippen LogP contribution in [0.25, 0.3) is 11.0 Å². The predicted octanol–water partition coefficient (Wildman–Crippen LogP) is 1.54. The molecule has 6 nitrogen and oxygen atoms in total. The lowest BCUT2D eigenvalue weighted by atomic mass is 10.1. The van der Waals surface area contributed by atoms with E-state index in [1.54, 1.807) is 29.2 Å². The van der Waals surface area contributed by atoms with E-state index in [9.17, 15) is 9.59 Å². The van der Waals surface area contributed by atoms with Crippen molar-refractivity contribution < 1.29 is 13.9 Å². The number of fused-ring (bicyclic) bond motifs is 1. The second kappa shape index (κ2) is 7.48. The molecule has 1 aliphatic rings. The Kier molecular flexibility index (Phi) is 5.63. The molecule has 1 fully saturated rings. The summed E-state index contributed by atoms with van der Waals surface area (Å²) in [7, 11) is 0. The molecule has 2 N–H and O–H groups in total. The van der Waals surface area contributed by atoms with Crippen LogP contribution in [0.1, 0.15) is 12.8 Å². The normalized spacial score (nSPS) is 17.6. The van der Waals surface area contributed by atoms with Gasteiger partial charge < -0.3 is 19.8 Å². The molecule has 1 aliphatic heterocycles. The minimum atomic E-state index is -0.414. The van der Waals surface area contributed by atoms with Gasteiger partial charge in [0.15, 0.2) is 6.61 Å². The van der Waals surface area contributed by atoms with Gasteiger partial charge in [0, 0.05) is 36.7 Å². The highest BCUT2D eigenvalue weighted by Crippen LogP contribution is 2.19. The smallest absolute Gasteiger partial charge is 0.336 e. The van der Waals surface area contributed by atoms with Gasteiger partial charge in [-0.25, -0.2) is 4.79 Å². The average molecular weight is 339 g/mol. The molecule has 1 aromatic carbocycles. The first-order valence-electron chi connectivity index (χ1n) is 7.32. The van der Waals surface area contributed by atoms with E-state index in [-0.39, 0.29) is 31.0 Å². The molecule has 0 spiro atoms. The molecule has 7 heteroatoms. The number of likely N-dealkylation sites (tertiary alicyclic amines) is 1. The lowest BCUT2D eigenvalue weighted by Crippen LogP contribution is -2.47. The molecule has 23 heavy (non-hydrogen) atoms. The van der Waals surface area contributed by atoms with E-state index in [2.05, 4.69) is 0 Å². The van der Waals surface area contributed by atoms with Crippen molar-refractivity contribution in [3.05, 3.63) is 40.8 Å². The van der Waals surface area contributed by atoms with Gasteiger partial charge in [0.2, 0.25) is 0 Å². The van der Waals surface area contributed by atoms with E-state index in [0.717, 1.165) is 24.8 Å². The van der Waals surface area contributed by atoms with Gasteiger partial charge in [-0.2, -0.15) is 0 Å². The van der Waals surface area contributed by atoms with Crippen molar-refractivity contribution >= 4 is 29.3 Å². The van der Waals surface area contributed by atoms with Crippen molar-refractivity contribution in [2.45, 2.75) is 18.9 Å². The zero-order chi connectivity index (χ0) is 15.5. The molecule has 3 rings (SSSR count). The van der Waals surface area contributed by atoms with Crippen molar-refractivity contribution in [3.8, 4) is 5.75 Å². The lowest BCUT2D eigenvalue weighted by Gasteiger charge is -2.30. The average Bonchev–Trinajstić information content (AvgIpc) is 2.52. The monoisotopic (exact) mass is 338 g/mol. The minimum absolute atomic E-state index is 0. The third-order valence-corrected chi connectivity index (χ3v) is 3.77. The summed E-state index contributed by atoms with van der Waals surface area (Å²) in [5, 5.41) is 0.806. The Labute approximate surface area is 139 Å². The summed E-state index contributed by atoms with van der Waals surface area (Å²) in [4.78, 5) is 25.1. The number of piperidine rings is 1. The summed E-state index contributed by atoms with van der Waals surface area (Å²) in [5.74, 6) is 0.418. The molecule has 124 valence electrons. The number of halogens is 1. The maximum Gasteiger partial charge on any atom is 0.336 e. The van der Waals surface area contributed by atoms with Crippen LogP contribution in [-0.4, -0.2) is 36.5 Å². The number of ether oxygens (including phenoxy) is 1. The van der Waals surface area contributed by atoms with E-state index in [4.69, 9.17) is 14.9 Å². The summed E-state index contributed by atoms with van der Waals surface area (Å²) >= 11 is 0. The fourth-order valence-electron chi connectivity index (χ4n) is 2.60. The number of nitrogens with two attached hydrogens (primary N) is 1. The molecular weight excluding hydrogens is 320 g/mol. The first kappa shape index (κ1) is 17.3. The Bertz CT molecular complexity index is 746. The van der Waals surface area contributed by atoms with Crippen molar-refractivity contribution in [1.82, 2.24) is 4.90 Å². The Morgan fingerprint density at radius 1 is 1.35 bits per heavy atom. The van der Waals surface area contributed by atoms with Gasteiger partial charge in [0.25, 0.3) is 5.91 Å². The van der Waals surface area contributed by atoms with Gasteiger partial charge >= 0.3 is 5.63 Å². The highest BCUT2D eigenvalue weighted by atomic mass is 35.5. The van der Waals surface area contributed by atoms with E-state index in [1.165, 1.54) is 6.07 Å². The van der Waals surface area contributed by atoms with E-state index >= 15 is 0 Å². The number of carbonyl (C=O) groups is 1. The maximum atomic E-state index is 12.1. The molecule has 1 saturated heterocycles. The second-order valence-electron chi connectivity index (χ2n) is 5.48. The topological polar surface area (TPSA) is 85.8 Å². The highest BCUT2D eigenvalue weighted by molar-refractivity contribution is 5.85. The molecule has 0 radical (unpaired) electrons. The van der Waals surface area contributed by atoms with Crippen LogP contribution in [0.15, 0.2) is 39.5 Å². The number of hydrogen-bond donors (Lipinski definition) is 1. The van der Waals surface area contributed by atoms with Crippen molar-refractivity contribution in [2.75, 3.05) is 19.7 Å². The van der Waals surface area contributed by atoms with Crippen molar-refractivity contribution in [3.63, 3.8) is 0 Å². The molecule has 0 saturated carbocycles. The largest absolute Gasteiger partial charge is 0.484 e. The van der Waals surface area contributed by atoms with Gasteiger partial charge in [0.05, 0.1) is 0 Å². The third-order valence-electron chi connectivity index (χ3n) is 3.77. The molecule has 1 aromatic heterocycles. The van der Waals surface area contributed by atoms with Crippen LogP contribution in [-0.2, 0) is 4.79 Å². The van der Waals surface area contributed by atoms with Crippen LogP contribution < -0.4 is 16.1 Å². The highest BCUT2D eigenvalue weighted by Gasteiger charge is 2.21. The molecule has 2 aromatic rings. The molecule has 0 bridgehead atoms. The van der Waals surface area contributed by atoms with Crippen LogP contribution in [0, 0.1) is 0 Å². The SMILES string of the molecule is Cl.NC1CCCN(C(=O)COc2ccc3ccc(=O)oc3c2)C1. The Balaban J connectivity index is 0.00000192. The zero-order valence-corrected chi connectivity index (χ0v) is 13.4. The quantitative estimate of drug-likeness (QED) is 0.858. The van der Waals surface area contributed by atoms with Crippen molar-refractivity contribution in [1.29, 1.82) is 0 Å². The fraction of sp³-hybridized carbons (Fsp3) is 0.375. The zero-order valence-electron chi connectivity index (χ0n) is 12.6. The van der Waals surface area contributed by atoms with Crippen LogP contribution in [0.3, 0.4) is 0 Å². The van der Waals surface area contributed by atoms with Gasteiger partial charge in [-0.1, -0.05) is 0 Å². The van der Waals surface area contributed by atoms with E-state index in [0.29, 0.717) is 17.9 Å². The first-order valence-corrected chi connectivity index (χ1v) is 7.32. The van der Waals surface area contributed by atoms with Gasteiger partial charge in [-0.05, 0) is 31.0 Å². The number of carbonyl (C=O) groups excluding carboxylic acids is 1. The minimum Gasteiger partial charge on any atom is -0.484 e. The van der Waals surface area contributed by atoms with Crippen LogP contribution in [0.5, 0.6) is 5.75 Å². The molecular formula is C16H19ClN2O4. The number of benzene rings is 1.